The van der Waals surface area contributed by atoms with Crippen LogP contribution in [0.5, 0.6) is 5.75 Å². The lowest BCUT2D eigenvalue weighted by molar-refractivity contribution is -0.148. The smallest absolute Gasteiger partial charge is 0.255 e. The fraction of sp³-hybridized carbons (Fsp3) is 0.536. The highest BCUT2D eigenvalue weighted by Crippen LogP contribution is 2.52. The number of ketones is 2. The number of fused-ring (bicyclic) bond motifs is 3. The largest absolute Gasteiger partial charge is 0.510 e. The molecule has 1 aromatic rings. The summed E-state index contributed by atoms with van der Waals surface area (Å²) in [7, 11) is 4.99. The number of allylic oxidation sites excluding steroid dienone is 1. The van der Waals surface area contributed by atoms with Crippen LogP contribution in [0.3, 0.4) is 0 Å². The number of aliphatic hydroxyl groups excluding tert-OH is 2. The first kappa shape index (κ1) is 27.3. The molecule has 0 saturated heterocycles. The first-order valence-corrected chi connectivity index (χ1v) is 13.1. The number of phenols is 1. The monoisotopic (exact) mass is 543 g/mol. The van der Waals surface area contributed by atoms with Gasteiger partial charge in [0.1, 0.15) is 28.7 Å². The third-order valence-electron chi connectivity index (χ3n) is 9.15. The Morgan fingerprint density at radius 2 is 1.85 bits per heavy atom. The minimum Gasteiger partial charge on any atom is -0.510 e. The van der Waals surface area contributed by atoms with Crippen LogP contribution in [0.15, 0.2) is 28.7 Å². The van der Waals surface area contributed by atoms with Crippen LogP contribution < -0.4 is 5.73 Å². The maximum atomic E-state index is 15.9. The van der Waals surface area contributed by atoms with E-state index in [4.69, 9.17) is 5.73 Å². The van der Waals surface area contributed by atoms with Crippen molar-refractivity contribution in [3.8, 4) is 5.75 Å². The van der Waals surface area contributed by atoms with E-state index in [9.17, 15) is 34.8 Å². The van der Waals surface area contributed by atoms with Gasteiger partial charge in [0.15, 0.2) is 11.4 Å². The van der Waals surface area contributed by atoms with Crippen molar-refractivity contribution in [3.63, 3.8) is 0 Å². The number of primary amides is 1. The maximum absolute atomic E-state index is 15.9. The molecule has 0 aromatic heterocycles. The van der Waals surface area contributed by atoms with E-state index in [1.54, 1.807) is 14.1 Å². The summed E-state index contributed by atoms with van der Waals surface area (Å²) in [6.45, 7) is 2.30. The number of halogens is 1. The molecule has 210 valence electrons. The zero-order valence-corrected chi connectivity index (χ0v) is 22.4. The van der Waals surface area contributed by atoms with Crippen LogP contribution in [0.25, 0.3) is 0 Å². The summed E-state index contributed by atoms with van der Waals surface area (Å²) in [4.78, 5) is 42.5. The number of phenolic OH excluding ortho intramolecular Hbond substituents is 1. The van der Waals surface area contributed by atoms with E-state index >= 15 is 4.39 Å². The van der Waals surface area contributed by atoms with E-state index in [1.165, 1.54) is 11.0 Å². The summed E-state index contributed by atoms with van der Waals surface area (Å²) in [6.07, 6.45) is 2.07. The number of benzene rings is 1. The zero-order valence-electron chi connectivity index (χ0n) is 22.4. The number of carbonyl (C=O) groups excluding carboxylic acids is 3. The van der Waals surface area contributed by atoms with Crippen molar-refractivity contribution in [2.45, 2.75) is 56.8 Å². The zero-order chi connectivity index (χ0) is 28.7. The maximum Gasteiger partial charge on any atom is 0.255 e. The third kappa shape index (κ3) is 3.89. The van der Waals surface area contributed by atoms with Gasteiger partial charge >= 0.3 is 0 Å². The number of hydrogen-bond donors (Lipinski definition) is 5. The van der Waals surface area contributed by atoms with E-state index in [0.29, 0.717) is 5.92 Å². The summed E-state index contributed by atoms with van der Waals surface area (Å²) in [5.41, 5.74) is 1.36. The minimum absolute atomic E-state index is 0.00981. The van der Waals surface area contributed by atoms with Crippen molar-refractivity contribution < 1.29 is 39.2 Å². The lowest BCUT2D eigenvalue weighted by atomic mass is 9.58. The predicted molar refractivity (Wildman–Crippen MR) is 137 cm³/mol. The molecule has 4 aliphatic rings. The van der Waals surface area contributed by atoms with E-state index in [2.05, 4.69) is 6.92 Å². The van der Waals surface area contributed by atoms with Crippen molar-refractivity contribution in [1.82, 2.24) is 9.80 Å². The van der Waals surface area contributed by atoms with Gasteiger partial charge in [-0.05, 0) is 71.7 Å². The second-order valence-electron chi connectivity index (χ2n) is 11.7. The lowest BCUT2D eigenvalue weighted by Crippen LogP contribution is -2.63. The number of nitrogens with two attached hydrogens (primary N) is 1. The van der Waals surface area contributed by atoms with Gasteiger partial charge in [-0.25, -0.2) is 4.39 Å². The van der Waals surface area contributed by atoms with Gasteiger partial charge in [0.05, 0.1) is 11.6 Å². The second kappa shape index (κ2) is 9.14. The Balaban J connectivity index is 1.61. The van der Waals surface area contributed by atoms with Crippen LogP contribution in [0, 0.1) is 23.6 Å². The Morgan fingerprint density at radius 1 is 1.21 bits per heavy atom. The number of Topliss-reactive ketones (excluding diaryl/α,β-unsaturated/α-hetero) is 2. The predicted octanol–water partition coefficient (Wildman–Crippen LogP) is 1.49. The fourth-order valence-corrected chi connectivity index (χ4v) is 6.82. The van der Waals surface area contributed by atoms with E-state index in [1.807, 2.05) is 11.9 Å². The van der Waals surface area contributed by atoms with Crippen LogP contribution in [0.2, 0.25) is 0 Å². The van der Waals surface area contributed by atoms with Gasteiger partial charge in [0.25, 0.3) is 5.91 Å². The quantitative estimate of drug-likeness (QED) is 0.334. The summed E-state index contributed by atoms with van der Waals surface area (Å²) in [6, 6.07) is 0.336. The van der Waals surface area contributed by atoms with Crippen LogP contribution in [0.1, 0.15) is 47.7 Å². The molecule has 5 atom stereocenters. The SMILES string of the molecule is C[C@H](C1CC1)N(C)Cc1cc(O)c2c(c1F)C[C@H]1C[C@H]3[C@H](N(C)C)C(O)=C(C(N)=O)C(=O)[C@@]3(O)C(O)=C1C2=O. The van der Waals surface area contributed by atoms with Gasteiger partial charge in [0.2, 0.25) is 5.78 Å². The molecular weight excluding hydrogens is 509 g/mol. The topological polar surface area (TPSA) is 165 Å². The van der Waals surface area contributed by atoms with Crippen molar-refractivity contribution >= 4 is 17.5 Å². The van der Waals surface area contributed by atoms with Gasteiger partial charge < -0.3 is 26.2 Å². The Bertz CT molecular complexity index is 1370. The van der Waals surface area contributed by atoms with Crippen molar-refractivity contribution in [1.29, 1.82) is 0 Å². The molecule has 0 unspecified atom stereocenters. The molecule has 1 amide bonds. The molecule has 0 radical (unpaired) electrons. The summed E-state index contributed by atoms with van der Waals surface area (Å²) < 4.78 is 15.9. The molecule has 0 bridgehead atoms. The fourth-order valence-electron chi connectivity index (χ4n) is 6.82. The first-order valence-electron chi connectivity index (χ1n) is 13.1. The molecule has 1 saturated carbocycles. The van der Waals surface area contributed by atoms with Crippen LogP contribution in [0.4, 0.5) is 4.39 Å². The van der Waals surface area contributed by atoms with Crippen molar-refractivity contribution in [3.05, 3.63) is 51.2 Å². The molecule has 10 nitrogen and oxygen atoms in total. The van der Waals surface area contributed by atoms with E-state index < -0.39 is 69.6 Å². The Morgan fingerprint density at radius 3 is 2.41 bits per heavy atom. The number of amides is 1. The molecule has 0 spiro atoms. The number of carbonyl (C=O) groups is 3. The third-order valence-corrected chi connectivity index (χ3v) is 9.15. The number of aliphatic hydroxyl groups is 3. The number of nitrogens with zero attached hydrogens (tertiary/aromatic N) is 2. The van der Waals surface area contributed by atoms with Gasteiger partial charge in [-0.1, -0.05) is 0 Å². The summed E-state index contributed by atoms with van der Waals surface area (Å²) in [5, 5.41) is 44.6. The highest BCUT2D eigenvalue weighted by Gasteiger charge is 2.63. The van der Waals surface area contributed by atoms with Gasteiger partial charge in [-0.15, -0.1) is 0 Å². The molecule has 5 rings (SSSR count). The summed E-state index contributed by atoms with van der Waals surface area (Å²) in [5.74, 6) is -7.61. The second-order valence-corrected chi connectivity index (χ2v) is 11.7. The standard InChI is InChI=1S/C28H34FN3O7/c1-11(12-5-6-12)32(4)10-14-9-17(33)19-15(21(14)29)7-13-8-16-22(31(2)3)24(35)20(27(30)38)26(37)28(16,39)25(36)18(13)23(19)34/h9,11-13,16,22,33,35-36,39H,5-8,10H2,1-4H3,(H2,30,38)/t11-,13+,16+,22+,28+/m1/s1. The molecule has 1 aromatic carbocycles. The molecule has 0 heterocycles. The van der Waals surface area contributed by atoms with Crippen molar-refractivity contribution in [2.75, 3.05) is 21.1 Å². The van der Waals surface area contributed by atoms with Crippen LogP contribution in [-0.4, -0.2) is 86.5 Å². The number of rotatable bonds is 6. The highest BCUT2D eigenvalue weighted by atomic mass is 19.1. The Hall–Kier alpha value is -3.28. The average molecular weight is 544 g/mol. The molecule has 0 aliphatic heterocycles. The molecule has 6 N–H and O–H groups in total. The highest BCUT2D eigenvalue weighted by molar-refractivity contribution is 6.24. The Labute approximate surface area is 225 Å². The summed E-state index contributed by atoms with van der Waals surface area (Å²) >= 11 is 0. The average Bonchev–Trinajstić information content (AvgIpc) is 3.69. The number of likely N-dealkylation sites (N-methyl/N-ethyl adjacent to an activating group) is 1. The molecule has 4 aliphatic carbocycles. The lowest BCUT2D eigenvalue weighted by Gasteiger charge is -2.50. The first-order chi connectivity index (χ1) is 18.2. The molecule has 1 fully saturated rings. The van der Waals surface area contributed by atoms with E-state index in [-0.39, 0.29) is 47.7 Å². The Kier molecular flexibility index (Phi) is 6.40. The van der Waals surface area contributed by atoms with Gasteiger partial charge in [0, 0.05) is 35.2 Å². The molecule has 39 heavy (non-hydrogen) atoms. The number of aromatic hydroxyl groups is 1. The minimum atomic E-state index is -2.72. The van der Waals surface area contributed by atoms with Gasteiger partial charge in [-0.3, -0.25) is 24.2 Å². The van der Waals surface area contributed by atoms with Gasteiger partial charge in [-0.2, -0.15) is 0 Å². The van der Waals surface area contributed by atoms with Crippen LogP contribution >= 0.6 is 0 Å². The normalized spacial score (nSPS) is 29.5. The number of hydrogen-bond acceptors (Lipinski definition) is 9. The molecule has 11 heteroatoms. The van der Waals surface area contributed by atoms with Crippen molar-refractivity contribution in [2.24, 2.45) is 23.5 Å². The van der Waals surface area contributed by atoms with Crippen LogP contribution in [-0.2, 0) is 22.6 Å². The van der Waals surface area contributed by atoms with E-state index in [0.717, 1.165) is 12.8 Å². The molecular formula is C28H34FN3O7.